The van der Waals surface area contributed by atoms with Gasteiger partial charge in [0.1, 0.15) is 12.3 Å². The zero-order valence-corrected chi connectivity index (χ0v) is 14.2. The van der Waals surface area contributed by atoms with Gasteiger partial charge in [0, 0.05) is 18.7 Å². The van der Waals surface area contributed by atoms with Crippen molar-refractivity contribution in [2.75, 3.05) is 19.7 Å². The molecule has 1 aromatic carbocycles. The Kier molecular flexibility index (Phi) is 5.08. The Bertz CT molecular complexity index is 683. The lowest BCUT2D eigenvalue weighted by Gasteiger charge is -2.30. The third kappa shape index (κ3) is 3.90. The Hall–Kier alpha value is -2.44. The summed E-state index contributed by atoms with van der Waals surface area (Å²) in [5.74, 6) is 1.93. The van der Waals surface area contributed by atoms with Crippen LogP contribution in [0.25, 0.3) is 11.4 Å². The largest absolute Gasteiger partial charge is 0.494 e. The summed E-state index contributed by atoms with van der Waals surface area (Å²) in [6.45, 7) is 6.53. The van der Waals surface area contributed by atoms with E-state index in [0.29, 0.717) is 18.3 Å². The average Bonchev–Trinajstić information content (AvgIpc) is 3.04. The van der Waals surface area contributed by atoms with Gasteiger partial charge in [0.15, 0.2) is 0 Å². The predicted molar refractivity (Wildman–Crippen MR) is 89.4 cm³/mol. The van der Waals surface area contributed by atoms with E-state index in [1.54, 1.807) is 0 Å². The number of amides is 1. The summed E-state index contributed by atoms with van der Waals surface area (Å²) in [5.41, 5.74) is 0.851. The highest BCUT2D eigenvalue weighted by Gasteiger charge is 2.21. The predicted octanol–water partition coefficient (Wildman–Crippen LogP) is 2.00. The number of aromatic nitrogens is 4. The van der Waals surface area contributed by atoms with E-state index >= 15 is 0 Å². The second-order valence-corrected chi connectivity index (χ2v) is 6.19. The molecule has 2 heterocycles. The smallest absolute Gasteiger partial charge is 0.246 e. The lowest BCUT2D eigenvalue weighted by Crippen LogP contribution is -2.41. The van der Waals surface area contributed by atoms with Crippen molar-refractivity contribution in [3.63, 3.8) is 0 Å². The van der Waals surface area contributed by atoms with Gasteiger partial charge in [-0.2, -0.15) is 4.80 Å². The number of benzene rings is 1. The molecule has 1 aliphatic rings. The second-order valence-electron chi connectivity index (χ2n) is 6.19. The van der Waals surface area contributed by atoms with Gasteiger partial charge in [-0.1, -0.05) is 6.92 Å². The van der Waals surface area contributed by atoms with Crippen LogP contribution in [0.4, 0.5) is 0 Å². The molecule has 0 radical (unpaired) electrons. The number of piperidine rings is 1. The van der Waals surface area contributed by atoms with Crippen molar-refractivity contribution in [3.05, 3.63) is 24.3 Å². The Labute approximate surface area is 141 Å². The Morgan fingerprint density at radius 1 is 1.33 bits per heavy atom. The highest BCUT2D eigenvalue weighted by atomic mass is 16.5. The van der Waals surface area contributed by atoms with Crippen molar-refractivity contribution in [1.29, 1.82) is 0 Å². The summed E-state index contributed by atoms with van der Waals surface area (Å²) in [6, 6.07) is 7.53. The van der Waals surface area contributed by atoms with Crippen LogP contribution in [0, 0.1) is 5.92 Å². The van der Waals surface area contributed by atoms with Crippen molar-refractivity contribution in [2.45, 2.75) is 33.2 Å². The number of tetrazole rings is 1. The quantitative estimate of drug-likeness (QED) is 0.839. The maximum absolute atomic E-state index is 12.4. The first kappa shape index (κ1) is 16.4. The number of hydrogen-bond acceptors (Lipinski definition) is 5. The van der Waals surface area contributed by atoms with Crippen LogP contribution < -0.4 is 4.74 Å². The lowest BCUT2D eigenvalue weighted by atomic mass is 10.0. The van der Waals surface area contributed by atoms with E-state index < -0.39 is 0 Å². The minimum atomic E-state index is 0.0530. The maximum atomic E-state index is 12.4. The summed E-state index contributed by atoms with van der Waals surface area (Å²) >= 11 is 0. The van der Waals surface area contributed by atoms with Crippen LogP contribution in [0.5, 0.6) is 5.75 Å². The topological polar surface area (TPSA) is 73.1 Å². The maximum Gasteiger partial charge on any atom is 0.246 e. The minimum Gasteiger partial charge on any atom is -0.494 e. The molecule has 7 nitrogen and oxygen atoms in total. The number of carbonyl (C=O) groups excluding carboxylic acids is 1. The Morgan fingerprint density at radius 3 is 2.83 bits per heavy atom. The number of likely N-dealkylation sites (tertiary alicyclic amines) is 1. The van der Waals surface area contributed by atoms with Crippen molar-refractivity contribution in [3.8, 4) is 17.1 Å². The monoisotopic (exact) mass is 329 g/mol. The van der Waals surface area contributed by atoms with Crippen LogP contribution in [0.15, 0.2) is 24.3 Å². The highest BCUT2D eigenvalue weighted by Crippen LogP contribution is 2.19. The molecule has 0 saturated carbocycles. The van der Waals surface area contributed by atoms with Crippen LogP contribution in [0.1, 0.15) is 26.7 Å². The summed E-state index contributed by atoms with van der Waals surface area (Å²) in [7, 11) is 0. The van der Waals surface area contributed by atoms with Gasteiger partial charge in [-0.3, -0.25) is 4.79 Å². The molecule has 0 bridgehead atoms. The third-order valence-corrected chi connectivity index (χ3v) is 4.16. The third-order valence-electron chi connectivity index (χ3n) is 4.16. The SMILES string of the molecule is CCOc1ccc(-c2nnn(CC(=O)N3CCC[C@@H](C)C3)n2)cc1. The Morgan fingerprint density at radius 2 is 2.12 bits per heavy atom. The molecule has 1 saturated heterocycles. The van der Waals surface area contributed by atoms with Gasteiger partial charge in [-0.05, 0) is 55.2 Å². The molecule has 1 atom stereocenters. The first-order valence-electron chi connectivity index (χ1n) is 8.44. The van der Waals surface area contributed by atoms with Crippen LogP contribution in [0.2, 0.25) is 0 Å². The standard InChI is InChI=1S/C17H23N5O2/c1-3-24-15-8-6-14(7-9-15)17-18-20-22(19-17)12-16(23)21-10-4-5-13(2)11-21/h6-9,13H,3-5,10-12H2,1-2H3/t13-/m1/s1. The molecule has 128 valence electrons. The van der Waals surface area contributed by atoms with Crippen molar-refractivity contribution >= 4 is 5.91 Å². The second kappa shape index (κ2) is 7.42. The van der Waals surface area contributed by atoms with E-state index in [4.69, 9.17) is 4.74 Å². The van der Waals surface area contributed by atoms with Crippen molar-refractivity contribution in [2.24, 2.45) is 5.92 Å². The summed E-state index contributed by atoms with van der Waals surface area (Å²) in [4.78, 5) is 15.6. The molecule has 24 heavy (non-hydrogen) atoms. The van der Waals surface area contributed by atoms with Gasteiger partial charge in [0.25, 0.3) is 0 Å². The fourth-order valence-corrected chi connectivity index (χ4v) is 2.93. The van der Waals surface area contributed by atoms with Gasteiger partial charge < -0.3 is 9.64 Å². The van der Waals surface area contributed by atoms with E-state index in [9.17, 15) is 4.79 Å². The van der Waals surface area contributed by atoms with E-state index in [-0.39, 0.29) is 12.5 Å². The zero-order chi connectivity index (χ0) is 16.9. The molecular formula is C17H23N5O2. The lowest BCUT2D eigenvalue weighted by molar-refractivity contribution is -0.134. The first-order chi connectivity index (χ1) is 11.7. The van der Waals surface area contributed by atoms with Gasteiger partial charge in [-0.15, -0.1) is 10.2 Å². The van der Waals surface area contributed by atoms with Gasteiger partial charge in [0.2, 0.25) is 11.7 Å². The van der Waals surface area contributed by atoms with Crippen molar-refractivity contribution < 1.29 is 9.53 Å². The van der Waals surface area contributed by atoms with Crippen LogP contribution in [-0.4, -0.2) is 50.7 Å². The molecule has 0 spiro atoms. The number of nitrogens with zero attached hydrogens (tertiary/aromatic N) is 5. The summed E-state index contributed by atoms with van der Waals surface area (Å²) in [6.07, 6.45) is 2.25. The average molecular weight is 329 g/mol. The summed E-state index contributed by atoms with van der Waals surface area (Å²) < 4.78 is 5.42. The molecule has 0 unspecified atom stereocenters. The normalized spacial score (nSPS) is 17.8. The molecule has 2 aromatic rings. The molecule has 7 heteroatoms. The fourth-order valence-electron chi connectivity index (χ4n) is 2.93. The van der Waals surface area contributed by atoms with Crippen LogP contribution >= 0.6 is 0 Å². The molecular weight excluding hydrogens is 306 g/mol. The molecule has 1 aromatic heterocycles. The molecule has 0 N–H and O–H groups in total. The number of hydrogen-bond donors (Lipinski definition) is 0. The number of ether oxygens (including phenoxy) is 1. The number of rotatable bonds is 5. The molecule has 1 fully saturated rings. The highest BCUT2D eigenvalue weighted by molar-refractivity contribution is 5.75. The van der Waals surface area contributed by atoms with Crippen LogP contribution in [-0.2, 0) is 11.3 Å². The molecule has 3 rings (SSSR count). The van der Waals surface area contributed by atoms with Crippen LogP contribution in [0.3, 0.4) is 0 Å². The first-order valence-corrected chi connectivity index (χ1v) is 8.44. The molecule has 0 aliphatic carbocycles. The molecule has 1 amide bonds. The van der Waals surface area contributed by atoms with E-state index in [1.165, 1.54) is 11.2 Å². The zero-order valence-electron chi connectivity index (χ0n) is 14.2. The molecule has 1 aliphatic heterocycles. The fraction of sp³-hybridized carbons (Fsp3) is 0.529. The van der Waals surface area contributed by atoms with E-state index in [1.807, 2.05) is 36.1 Å². The van der Waals surface area contributed by atoms with Gasteiger partial charge in [0.05, 0.1) is 6.61 Å². The minimum absolute atomic E-state index is 0.0530. The van der Waals surface area contributed by atoms with Gasteiger partial charge in [-0.25, -0.2) is 0 Å². The van der Waals surface area contributed by atoms with Crippen molar-refractivity contribution in [1.82, 2.24) is 25.1 Å². The summed E-state index contributed by atoms with van der Waals surface area (Å²) in [5, 5.41) is 12.4. The van der Waals surface area contributed by atoms with E-state index in [2.05, 4.69) is 22.3 Å². The van der Waals surface area contributed by atoms with E-state index in [0.717, 1.165) is 30.8 Å². The van der Waals surface area contributed by atoms with Gasteiger partial charge >= 0.3 is 0 Å². The Balaban J connectivity index is 1.63. The number of carbonyl (C=O) groups is 1.